The number of carbonyl (C=O) groups excluding carboxylic acids is 1. The standard InChI is InChI=1S/C23H27ClF3N3O3S/c1-2-34(32,33)20-6-4-3-5-18(20)21(24)29-22(31)16-7-8-17(19(11-16)23(25,26)27)14-30-10-9-15(12-28)13-30/h3-8,11,15,21H,2,9-10,12-14,28H2,1H3,(H,29,31)/t15-,21?/m0/s1. The van der Waals surface area contributed by atoms with E-state index in [1.807, 2.05) is 4.90 Å². The van der Waals surface area contributed by atoms with Crippen LogP contribution in [-0.2, 0) is 22.6 Å². The van der Waals surface area contributed by atoms with E-state index in [1.54, 1.807) is 6.07 Å². The number of amides is 1. The van der Waals surface area contributed by atoms with Crippen LogP contribution in [0.1, 0.15) is 45.9 Å². The zero-order valence-corrected chi connectivity index (χ0v) is 20.2. The minimum absolute atomic E-state index is 0.0366. The lowest BCUT2D eigenvalue weighted by Crippen LogP contribution is -2.28. The van der Waals surface area contributed by atoms with Crippen LogP contribution in [-0.4, -0.2) is 44.6 Å². The van der Waals surface area contributed by atoms with Crippen LogP contribution in [0.5, 0.6) is 0 Å². The highest BCUT2D eigenvalue weighted by Crippen LogP contribution is 2.34. The number of hydrogen-bond acceptors (Lipinski definition) is 5. The summed E-state index contributed by atoms with van der Waals surface area (Å²) in [5, 5.41) is 2.40. The van der Waals surface area contributed by atoms with Crippen LogP contribution in [0, 0.1) is 5.92 Å². The van der Waals surface area contributed by atoms with Crippen molar-refractivity contribution < 1.29 is 26.4 Å². The molecule has 1 heterocycles. The number of sulfone groups is 1. The molecule has 2 aromatic carbocycles. The monoisotopic (exact) mass is 517 g/mol. The van der Waals surface area contributed by atoms with E-state index in [4.69, 9.17) is 17.3 Å². The number of rotatable bonds is 8. The fraction of sp³-hybridized carbons (Fsp3) is 0.435. The molecule has 0 aromatic heterocycles. The van der Waals surface area contributed by atoms with Crippen molar-refractivity contribution in [2.75, 3.05) is 25.4 Å². The SMILES string of the molecule is CCS(=O)(=O)c1ccccc1C(Cl)NC(=O)c1ccc(CN2CC[C@@H](CN)C2)c(C(F)(F)F)c1. The largest absolute Gasteiger partial charge is 0.416 e. The van der Waals surface area contributed by atoms with E-state index in [9.17, 15) is 26.4 Å². The molecule has 2 aromatic rings. The van der Waals surface area contributed by atoms with Gasteiger partial charge in [0.25, 0.3) is 5.91 Å². The third-order valence-corrected chi connectivity index (χ3v) is 8.09. The third kappa shape index (κ3) is 6.10. The predicted molar refractivity (Wildman–Crippen MR) is 124 cm³/mol. The normalized spacial score (nSPS) is 18.1. The first-order chi connectivity index (χ1) is 16.0. The first-order valence-corrected chi connectivity index (χ1v) is 12.9. The summed E-state index contributed by atoms with van der Waals surface area (Å²) >= 11 is 6.29. The molecule has 6 nitrogen and oxygen atoms in total. The van der Waals surface area contributed by atoms with Gasteiger partial charge in [-0.15, -0.1) is 0 Å². The molecule has 0 spiro atoms. The molecule has 1 aliphatic rings. The highest BCUT2D eigenvalue weighted by atomic mass is 35.5. The van der Waals surface area contributed by atoms with E-state index >= 15 is 0 Å². The molecule has 186 valence electrons. The summed E-state index contributed by atoms with van der Waals surface area (Å²) < 4.78 is 66.1. The molecule has 0 bridgehead atoms. The number of benzene rings is 2. The quantitative estimate of drug-likeness (QED) is 0.408. The molecule has 11 heteroatoms. The van der Waals surface area contributed by atoms with Gasteiger partial charge in [0.1, 0.15) is 5.50 Å². The Bertz CT molecular complexity index is 1140. The van der Waals surface area contributed by atoms with Gasteiger partial charge >= 0.3 is 6.18 Å². The van der Waals surface area contributed by atoms with Crippen molar-refractivity contribution in [2.24, 2.45) is 11.7 Å². The van der Waals surface area contributed by atoms with Crippen LogP contribution < -0.4 is 11.1 Å². The first-order valence-electron chi connectivity index (χ1n) is 10.9. The van der Waals surface area contributed by atoms with Crippen LogP contribution >= 0.6 is 11.6 Å². The van der Waals surface area contributed by atoms with Crippen LogP contribution in [0.4, 0.5) is 13.2 Å². The molecule has 1 amide bonds. The molecule has 3 rings (SSSR count). The molecule has 34 heavy (non-hydrogen) atoms. The molecule has 3 N–H and O–H groups in total. The Hall–Kier alpha value is -2.14. The summed E-state index contributed by atoms with van der Waals surface area (Å²) in [4.78, 5) is 14.6. The Balaban J connectivity index is 1.83. The second-order valence-electron chi connectivity index (χ2n) is 8.27. The Morgan fingerprint density at radius 2 is 1.97 bits per heavy atom. The Morgan fingerprint density at radius 1 is 1.26 bits per heavy atom. The van der Waals surface area contributed by atoms with Crippen molar-refractivity contribution >= 4 is 27.3 Å². The van der Waals surface area contributed by atoms with E-state index in [0.29, 0.717) is 19.6 Å². The van der Waals surface area contributed by atoms with Crippen molar-refractivity contribution in [1.82, 2.24) is 10.2 Å². The topological polar surface area (TPSA) is 92.5 Å². The number of nitrogens with zero attached hydrogens (tertiary/aromatic N) is 1. The fourth-order valence-electron chi connectivity index (χ4n) is 4.01. The summed E-state index contributed by atoms with van der Waals surface area (Å²) in [6.07, 6.45) is -3.81. The van der Waals surface area contributed by atoms with Gasteiger partial charge in [-0.05, 0) is 49.2 Å². The number of likely N-dealkylation sites (tertiary alicyclic amines) is 1. The average molecular weight is 518 g/mol. The highest BCUT2D eigenvalue weighted by molar-refractivity contribution is 7.91. The third-order valence-electron chi connectivity index (χ3n) is 5.94. The number of nitrogens with one attached hydrogen (secondary N) is 1. The maximum atomic E-state index is 13.8. The van der Waals surface area contributed by atoms with Crippen molar-refractivity contribution in [3.8, 4) is 0 Å². The summed E-state index contributed by atoms with van der Waals surface area (Å²) in [5.41, 5.74) is 3.52. The molecular weight excluding hydrogens is 491 g/mol. The maximum absolute atomic E-state index is 13.8. The number of hydrogen-bond donors (Lipinski definition) is 2. The van der Waals surface area contributed by atoms with Crippen molar-refractivity contribution in [1.29, 1.82) is 0 Å². The van der Waals surface area contributed by atoms with Crippen LogP contribution in [0.2, 0.25) is 0 Å². The second kappa shape index (κ2) is 10.6. The summed E-state index contributed by atoms with van der Waals surface area (Å²) in [5.74, 6) is -0.745. The lowest BCUT2D eigenvalue weighted by molar-refractivity contribution is -0.138. The molecular formula is C23H27ClF3N3O3S. The molecule has 1 fully saturated rings. The van der Waals surface area contributed by atoms with Gasteiger partial charge < -0.3 is 11.1 Å². The van der Waals surface area contributed by atoms with E-state index in [2.05, 4.69) is 5.32 Å². The van der Waals surface area contributed by atoms with Gasteiger partial charge in [0.05, 0.1) is 16.2 Å². The van der Waals surface area contributed by atoms with Crippen LogP contribution in [0.15, 0.2) is 47.4 Å². The van der Waals surface area contributed by atoms with Crippen molar-refractivity contribution in [2.45, 2.75) is 36.5 Å². The number of nitrogens with two attached hydrogens (primary N) is 1. The summed E-state index contributed by atoms with van der Waals surface area (Å²) in [7, 11) is -3.62. The van der Waals surface area contributed by atoms with Gasteiger partial charge in [0.15, 0.2) is 9.84 Å². The van der Waals surface area contributed by atoms with Gasteiger partial charge in [0, 0.05) is 24.2 Å². The molecule has 1 aliphatic heterocycles. The predicted octanol–water partition coefficient (Wildman–Crippen LogP) is 3.95. The lowest BCUT2D eigenvalue weighted by Gasteiger charge is -2.21. The average Bonchev–Trinajstić information content (AvgIpc) is 3.26. The minimum atomic E-state index is -4.65. The Kier molecular flexibility index (Phi) is 8.28. The minimum Gasteiger partial charge on any atom is -0.332 e. The zero-order valence-electron chi connectivity index (χ0n) is 18.6. The molecule has 0 aliphatic carbocycles. The molecule has 0 saturated carbocycles. The highest BCUT2D eigenvalue weighted by Gasteiger charge is 2.35. The maximum Gasteiger partial charge on any atom is 0.416 e. The number of halogens is 4. The molecule has 1 unspecified atom stereocenters. The molecule has 2 atom stereocenters. The van der Waals surface area contributed by atoms with E-state index in [-0.39, 0.29) is 39.8 Å². The molecule has 1 saturated heterocycles. The fourth-order valence-corrected chi connectivity index (χ4v) is 5.51. The summed E-state index contributed by atoms with van der Waals surface area (Å²) in [6.45, 7) is 3.36. The van der Waals surface area contributed by atoms with Gasteiger partial charge in [-0.2, -0.15) is 13.2 Å². The number of carbonyl (C=O) groups is 1. The van der Waals surface area contributed by atoms with Gasteiger partial charge in [0.2, 0.25) is 0 Å². The van der Waals surface area contributed by atoms with Gasteiger partial charge in [-0.25, -0.2) is 8.42 Å². The first kappa shape index (κ1) is 26.5. The van der Waals surface area contributed by atoms with Gasteiger partial charge in [-0.1, -0.05) is 42.8 Å². The van der Waals surface area contributed by atoms with Crippen molar-refractivity contribution in [3.05, 3.63) is 64.7 Å². The van der Waals surface area contributed by atoms with Crippen molar-refractivity contribution in [3.63, 3.8) is 0 Å². The van der Waals surface area contributed by atoms with E-state index in [0.717, 1.165) is 12.5 Å². The molecule has 0 radical (unpaired) electrons. The van der Waals surface area contributed by atoms with Crippen LogP contribution in [0.3, 0.4) is 0 Å². The van der Waals surface area contributed by atoms with Crippen LogP contribution in [0.25, 0.3) is 0 Å². The zero-order chi connectivity index (χ0) is 25.1. The second-order valence-corrected chi connectivity index (χ2v) is 11.0. The van der Waals surface area contributed by atoms with E-state index in [1.165, 1.54) is 37.3 Å². The Labute approximate surface area is 202 Å². The number of alkyl halides is 4. The van der Waals surface area contributed by atoms with Gasteiger partial charge in [-0.3, -0.25) is 9.69 Å². The Morgan fingerprint density at radius 3 is 2.59 bits per heavy atom. The smallest absolute Gasteiger partial charge is 0.332 e. The van der Waals surface area contributed by atoms with E-state index < -0.39 is 33.0 Å². The lowest BCUT2D eigenvalue weighted by atomic mass is 10.0. The summed E-state index contributed by atoms with van der Waals surface area (Å²) in [6, 6.07) is 9.34.